The van der Waals surface area contributed by atoms with E-state index in [1.54, 1.807) is 30.3 Å². The van der Waals surface area contributed by atoms with Crippen molar-refractivity contribution in [3.05, 3.63) is 76.5 Å². The normalized spacial score (nSPS) is 15.2. The lowest BCUT2D eigenvalue weighted by atomic mass is 10.0. The number of rotatable bonds is 6. The van der Waals surface area contributed by atoms with Crippen molar-refractivity contribution in [2.45, 2.75) is 24.7 Å². The summed E-state index contributed by atoms with van der Waals surface area (Å²) >= 11 is 1.36. The number of anilines is 2. The van der Waals surface area contributed by atoms with Crippen LogP contribution < -0.4 is 10.6 Å². The average Bonchev–Trinajstić information content (AvgIpc) is 3.36. The van der Waals surface area contributed by atoms with Gasteiger partial charge in [-0.3, -0.25) is 9.59 Å². The number of carbonyl (C=O) groups excluding carboxylic acids is 2. The molecule has 2 aromatic carbocycles. The first-order valence-electron chi connectivity index (χ1n) is 10.7. The summed E-state index contributed by atoms with van der Waals surface area (Å²) in [6.45, 7) is 3.18. The fourth-order valence-electron chi connectivity index (χ4n) is 3.59. The number of nitrogens with one attached hydrogen (secondary N) is 2. The molecule has 0 unspecified atom stereocenters. The summed E-state index contributed by atoms with van der Waals surface area (Å²) < 4.78 is 27.2. The first-order valence-corrected chi connectivity index (χ1v) is 13.0. The minimum absolute atomic E-state index is 0.184. The maximum atomic E-state index is 12.8. The molecule has 1 fully saturated rings. The van der Waals surface area contributed by atoms with E-state index in [2.05, 4.69) is 17.6 Å². The summed E-state index contributed by atoms with van der Waals surface area (Å²) in [4.78, 5) is 25.5. The lowest BCUT2D eigenvalue weighted by Crippen LogP contribution is -2.37. The lowest BCUT2D eigenvalue weighted by molar-refractivity contribution is 0.102. The Kier molecular flexibility index (Phi) is 6.92. The Morgan fingerprint density at radius 1 is 0.879 bits per heavy atom. The molecule has 4 rings (SSSR count). The molecule has 3 aromatic rings. The molecule has 33 heavy (non-hydrogen) atoms. The maximum absolute atomic E-state index is 12.8. The minimum Gasteiger partial charge on any atom is -0.322 e. The monoisotopic (exact) mass is 483 g/mol. The van der Waals surface area contributed by atoms with Crippen LogP contribution in [0.4, 0.5) is 11.4 Å². The van der Waals surface area contributed by atoms with E-state index in [4.69, 9.17) is 0 Å². The second-order valence-electron chi connectivity index (χ2n) is 8.07. The molecule has 0 atom stereocenters. The Bertz CT molecular complexity index is 1210. The Morgan fingerprint density at radius 3 is 2.00 bits per heavy atom. The zero-order valence-corrected chi connectivity index (χ0v) is 19.8. The van der Waals surface area contributed by atoms with Crippen molar-refractivity contribution in [1.29, 1.82) is 0 Å². The van der Waals surface area contributed by atoms with Gasteiger partial charge >= 0.3 is 0 Å². The zero-order chi connectivity index (χ0) is 23.4. The Morgan fingerprint density at radius 2 is 1.45 bits per heavy atom. The van der Waals surface area contributed by atoms with Crippen molar-refractivity contribution in [1.82, 2.24) is 4.31 Å². The first-order chi connectivity index (χ1) is 15.8. The first kappa shape index (κ1) is 23.2. The predicted octanol–water partition coefficient (Wildman–Crippen LogP) is 4.67. The van der Waals surface area contributed by atoms with Crippen molar-refractivity contribution < 1.29 is 18.0 Å². The molecule has 1 saturated heterocycles. The fourth-order valence-corrected chi connectivity index (χ4v) is 5.68. The van der Waals surface area contributed by atoms with E-state index < -0.39 is 10.0 Å². The number of sulfonamides is 1. The molecule has 0 aliphatic carbocycles. The van der Waals surface area contributed by atoms with Gasteiger partial charge in [0.2, 0.25) is 10.0 Å². The van der Waals surface area contributed by atoms with Gasteiger partial charge in [0.25, 0.3) is 11.8 Å². The second-order valence-corrected chi connectivity index (χ2v) is 11.0. The Labute approximate surface area is 197 Å². The number of piperidine rings is 1. The number of benzene rings is 2. The van der Waals surface area contributed by atoms with Gasteiger partial charge in [0.1, 0.15) is 0 Å². The van der Waals surface area contributed by atoms with E-state index in [0.29, 0.717) is 40.8 Å². The van der Waals surface area contributed by atoms with Gasteiger partial charge in [-0.1, -0.05) is 13.0 Å². The van der Waals surface area contributed by atoms with Crippen LogP contribution >= 0.6 is 11.3 Å². The quantitative estimate of drug-likeness (QED) is 0.532. The van der Waals surface area contributed by atoms with Crippen LogP contribution in [0.15, 0.2) is 70.9 Å². The highest BCUT2D eigenvalue weighted by atomic mass is 32.2. The highest BCUT2D eigenvalue weighted by molar-refractivity contribution is 7.89. The fraction of sp³-hybridized carbons (Fsp3) is 0.250. The van der Waals surface area contributed by atoms with Crippen LogP contribution in [0.2, 0.25) is 0 Å². The Hall–Kier alpha value is -3.01. The number of amides is 2. The summed E-state index contributed by atoms with van der Waals surface area (Å²) in [6, 6.07) is 16.3. The van der Waals surface area contributed by atoms with E-state index in [1.807, 2.05) is 11.4 Å². The molecule has 0 bridgehead atoms. The zero-order valence-electron chi connectivity index (χ0n) is 18.2. The van der Waals surface area contributed by atoms with E-state index >= 15 is 0 Å². The van der Waals surface area contributed by atoms with Gasteiger partial charge in [-0.15, -0.1) is 11.3 Å². The molecule has 0 saturated carbocycles. The van der Waals surface area contributed by atoms with Gasteiger partial charge in [0.15, 0.2) is 0 Å². The van der Waals surface area contributed by atoms with E-state index in [0.717, 1.165) is 12.8 Å². The van der Waals surface area contributed by atoms with Gasteiger partial charge in [-0.05, 0) is 78.7 Å². The summed E-state index contributed by atoms with van der Waals surface area (Å²) in [5.74, 6) is 0.00543. The van der Waals surface area contributed by atoms with Crippen LogP contribution in [0, 0.1) is 5.92 Å². The van der Waals surface area contributed by atoms with Crippen molar-refractivity contribution in [2.75, 3.05) is 23.7 Å². The molecule has 0 spiro atoms. The second kappa shape index (κ2) is 9.86. The molecule has 0 radical (unpaired) electrons. The Balaban J connectivity index is 1.37. The summed E-state index contributed by atoms with van der Waals surface area (Å²) in [7, 11) is -3.55. The van der Waals surface area contributed by atoms with E-state index in [-0.39, 0.29) is 16.7 Å². The smallest absolute Gasteiger partial charge is 0.265 e. The van der Waals surface area contributed by atoms with Crippen molar-refractivity contribution >= 4 is 44.5 Å². The van der Waals surface area contributed by atoms with Crippen LogP contribution in [0.25, 0.3) is 0 Å². The number of carbonyl (C=O) groups is 2. The van der Waals surface area contributed by atoms with Gasteiger partial charge in [0, 0.05) is 30.0 Å². The third-order valence-electron chi connectivity index (χ3n) is 5.64. The summed E-state index contributed by atoms with van der Waals surface area (Å²) in [5.41, 5.74) is 1.54. The van der Waals surface area contributed by atoms with Gasteiger partial charge in [-0.2, -0.15) is 4.31 Å². The molecular formula is C24H25N3O4S2. The molecule has 1 aliphatic heterocycles. The number of nitrogens with zero attached hydrogens (tertiary/aromatic N) is 1. The SMILES string of the molecule is CC1CCN(S(=O)(=O)c2ccc(C(=O)Nc3ccc(NC(=O)c4cccs4)cc3)cc2)CC1. The molecule has 1 aromatic heterocycles. The van der Waals surface area contributed by atoms with Crippen LogP contribution in [0.1, 0.15) is 39.8 Å². The standard InChI is InChI=1S/C24H25N3O4S2/c1-17-12-14-27(15-13-17)33(30,31)21-10-4-18(5-11-21)23(28)25-19-6-8-20(9-7-19)26-24(29)22-3-2-16-32-22/h2-11,16-17H,12-15H2,1H3,(H,25,28)(H,26,29). The molecule has 7 nitrogen and oxygen atoms in total. The highest BCUT2D eigenvalue weighted by Gasteiger charge is 2.28. The third-order valence-corrected chi connectivity index (χ3v) is 8.42. The number of hydrogen-bond acceptors (Lipinski definition) is 5. The average molecular weight is 484 g/mol. The molecule has 172 valence electrons. The number of hydrogen-bond donors (Lipinski definition) is 2. The molecule has 1 aliphatic rings. The van der Waals surface area contributed by atoms with Crippen LogP contribution in [-0.4, -0.2) is 37.6 Å². The molecule has 9 heteroatoms. The lowest BCUT2D eigenvalue weighted by Gasteiger charge is -2.29. The highest BCUT2D eigenvalue weighted by Crippen LogP contribution is 2.24. The summed E-state index contributed by atoms with van der Waals surface area (Å²) in [6.07, 6.45) is 1.71. The third kappa shape index (κ3) is 5.50. The maximum Gasteiger partial charge on any atom is 0.265 e. The van der Waals surface area contributed by atoms with E-state index in [9.17, 15) is 18.0 Å². The van der Waals surface area contributed by atoms with Crippen molar-refractivity contribution in [3.63, 3.8) is 0 Å². The minimum atomic E-state index is -3.55. The largest absolute Gasteiger partial charge is 0.322 e. The van der Waals surface area contributed by atoms with Gasteiger partial charge in [0.05, 0.1) is 9.77 Å². The number of thiophene rings is 1. The van der Waals surface area contributed by atoms with Crippen molar-refractivity contribution in [2.24, 2.45) is 5.92 Å². The van der Waals surface area contributed by atoms with Crippen LogP contribution in [0.3, 0.4) is 0 Å². The molecular weight excluding hydrogens is 458 g/mol. The van der Waals surface area contributed by atoms with Crippen molar-refractivity contribution in [3.8, 4) is 0 Å². The van der Waals surface area contributed by atoms with E-state index in [1.165, 1.54) is 39.9 Å². The molecule has 2 N–H and O–H groups in total. The van der Waals surface area contributed by atoms with Crippen LogP contribution in [0.5, 0.6) is 0 Å². The van der Waals surface area contributed by atoms with Gasteiger partial charge < -0.3 is 10.6 Å². The molecule has 2 amide bonds. The predicted molar refractivity (Wildman–Crippen MR) is 130 cm³/mol. The van der Waals surface area contributed by atoms with Crippen LogP contribution in [-0.2, 0) is 10.0 Å². The topological polar surface area (TPSA) is 95.6 Å². The summed E-state index contributed by atoms with van der Waals surface area (Å²) in [5, 5.41) is 7.42. The molecule has 2 heterocycles. The van der Waals surface area contributed by atoms with Gasteiger partial charge in [-0.25, -0.2) is 8.42 Å².